The normalized spacial score (nSPS) is 12.8. The maximum absolute atomic E-state index is 12.8. The molecule has 62 heavy (non-hydrogen) atoms. The molecular weight excluding hydrogens is 765 g/mol. The monoisotopic (exact) mass is 865 g/mol. The molecule has 1 atom stereocenters. The maximum atomic E-state index is 12.8. The van der Waals surface area contributed by atoms with E-state index < -0.39 is 6.10 Å². The molecule has 0 aromatic carbocycles. The van der Waals surface area contributed by atoms with Crippen LogP contribution in [0.2, 0.25) is 0 Å². The van der Waals surface area contributed by atoms with Crippen molar-refractivity contribution in [3.8, 4) is 0 Å². The molecule has 0 aliphatic rings. The van der Waals surface area contributed by atoms with Crippen LogP contribution in [0.4, 0.5) is 0 Å². The molecule has 0 radical (unpaired) electrons. The Bertz CT molecular complexity index is 1110. The Kier molecular flexibility index (Phi) is 50.4. The van der Waals surface area contributed by atoms with Crippen LogP contribution < -0.4 is 0 Å². The third kappa shape index (κ3) is 50.0. The zero-order chi connectivity index (χ0) is 44.9. The molecule has 0 N–H and O–H groups in total. The molecular formula is C57H100O5. The lowest BCUT2D eigenvalue weighted by atomic mass is 10.1. The highest BCUT2D eigenvalue weighted by Crippen LogP contribution is 2.14. The van der Waals surface area contributed by atoms with Gasteiger partial charge in [-0.1, -0.05) is 222 Å². The highest BCUT2D eigenvalue weighted by atomic mass is 16.6. The van der Waals surface area contributed by atoms with E-state index in [4.69, 9.17) is 14.2 Å². The SMILES string of the molecule is CC/C=C\C/C=C\C/C=C\C/C=C\C/C=C\CCCCCC(=O)OCC(COCCCCCCCCCCCC)OC(=O)CCCCCCCCC/C=C\CCCCCCCC. The number of unbranched alkanes of at least 4 members (excludes halogenated alkanes) is 25. The second kappa shape index (κ2) is 52.7. The Labute approximate surface area is 385 Å². The number of allylic oxidation sites excluding steroid dienone is 12. The largest absolute Gasteiger partial charge is 0.462 e. The van der Waals surface area contributed by atoms with E-state index in [1.54, 1.807) is 0 Å². The van der Waals surface area contributed by atoms with Crippen LogP contribution in [0.5, 0.6) is 0 Å². The van der Waals surface area contributed by atoms with Crippen molar-refractivity contribution in [2.45, 2.75) is 258 Å². The minimum Gasteiger partial charge on any atom is -0.462 e. The van der Waals surface area contributed by atoms with Crippen molar-refractivity contribution in [2.24, 2.45) is 0 Å². The Hall–Kier alpha value is -2.66. The molecule has 0 saturated carbocycles. The van der Waals surface area contributed by atoms with Crippen LogP contribution in [0, 0.1) is 0 Å². The van der Waals surface area contributed by atoms with E-state index in [0.29, 0.717) is 19.4 Å². The number of carbonyl (C=O) groups is 2. The molecule has 0 amide bonds. The van der Waals surface area contributed by atoms with Gasteiger partial charge < -0.3 is 14.2 Å². The van der Waals surface area contributed by atoms with Gasteiger partial charge in [-0.15, -0.1) is 0 Å². The van der Waals surface area contributed by atoms with Gasteiger partial charge in [0.2, 0.25) is 0 Å². The van der Waals surface area contributed by atoms with E-state index in [2.05, 4.69) is 93.7 Å². The third-order valence-electron chi connectivity index (χ3n) is 11.2. The summed E-state index contributed by atoms with van der Waals surface area (Å²) in [5.74, 6) is -0.434. The van der Waals surface area contributed by atoms with Crippen LogP contribution in [-0.4, -0.2) is 37.9 Å². The number of ether oxygens (including phenoxy) is 3. The van der Waals surface area contributed by atoms with Crippen LogP contribution in [0.1, 0.15) is 252 Å². The van der Waals surface area contributed by atoms with Crippen molar-refractivity contribution in [3.63, 3.8) is 0 Å². The highest BCUT2D eigenvalue weighted by Gasteiger charge is 2.17. The molecule has 0 aliphatic carbocycles. The number of hydrogen-bond acceptors (Lipinski definition) is 5. The van der Waals surface area contributed by atoms with Crippen LogP contribution in [0.25, 0.3) is 0 Å². The molecule has 0 saturated heterocycles. The van der Waals surface area contributed by atoms with Crippen LogP contribution in [-0.2, 0) is 23.8 Å². The van der Waals surface area contributed by atoms with Gasteiger partial charge >= 0.3 is 11.9 Å². The molecule has 0 rings (SSSR count). The number of carbonyl (C=O) groups excluding carboxylic acids is 2. The third-order valence-corrected chi connectivity index (χ3v) is 11.2. The van der Waals surface area contributed by atoms with Gasteiger partial charge in [-0.3, -0.25) is 9.59 Å². The molecule has 0 aliphatic heterocycles. The zero-order valence-corrected chi connectivity index (χ0v) is 41.1. The fourth-order valence-electron chi connectivity index (χ4n) is 7.30. The molecule has 358 valence electrons. The summed E-state index contributed by atoms with van der Waals surface area (Å²) < 4.78 is 17.4. The lowest BCUT2D eigenvalue weighted by molar-refractivity contribution is -0.163. The molecule has 0 spiro atoms. The van der Waals surface area contributed by atoms with E-state index in [9.17, 15) is 9.59 Å². The Balaban J connectivity index is 4.28. The van der Waals surface area contributed by atoms with Crippen molar-refractivity contribution in [1.29, 1.82) is 0 Å². The van der Waals surface area contributed by atoms with Crippen molar-refractivity contribution >= 4 is 11.9 Å². The van der Waals surface area contributed by atoms with E-state index in [1.807, 2.05) is 0 Å². The molecule has 5 nitrogen and oxygen atoms in total. The second-order valence-corrected chi connectivity index (χ2v) is 17.4. The first kappa shape index (κ1) is 59.3. The number of esters is 2. The molecule has 0 aromatic rings. The number of rotatable bonds is 48. The van der Waals surface area contributed by atoms with Crippen molar-refractivity contribution in [3.05, 3.63) is 72.9 Å². The van der Waals surface area contributed by atoms with Gasteiger partial charge in [-0.25, -0.2) is 0 Å². The predicted octanol–water partition coefficient (Wildman–Crippen LogP) is 17.9. The molecule has 0 aromatic heterocycles. The van der Waals surface area contributed by atoms with E-state index in [0.717, 1.165) is 89.9 Å². The molecule has 0 bridgehead atoms. The molecule has 0 fully saturated rings. The van der Waals surface area contributed by atoms with Gasteiger partial charge in [0.15, 0.2) is 6.10 Å². The average molecular weight is 865 g/mol. The lowest BCUT2D eigenvalue weighted by Crippen LogP contribution is -2.30. The van der Waals surface area contributed by atoms with Crippen molar-refractivity contribution < 1.29 is 23.8 Å². The Morgan fingerprint density at radius 1 is 0.371 bits per heavy atom. The summed E-state index contributed by atoms with van der Waals surface area (Å²) in [4.78, 5) is 25.4. The first-order valence-electron chi connectivity index (χ1n) is 26.5. The number of hydrogen-bond donors (Lipinski definition) is 0. The molecule has 5 heteroatoms. The highest BCUT2D eigenvalue weighted by molar-refractivity contribution is 5.70. The van der Waals surface area contributed by atoms with Crippen LogP contribution >= 0.6 is 0 Å². The summed E-state index contributed by atoms with van der Waals surface area (Å²) in [6.45, 7) is 7.68. The fourth-order valence-corrected chi connectivity index (χ4v) is 7.30. The predicted molar refractivity (Wildman–Crippen MR) is 270 cm³/mol. The summed E-state index contributed by atoms with van der Waals surface area (Å²) in [5.41, 5.74) is 0. The van der Waals surface area contributed by atoms with Gasteiger partial charge in [-0.05, 0) is 89.9 Å². The molecule has 0 heterocycles. The van der Waals surface area contributed by atoms with Gasteiger partial charge in [0.1, 0.15) is 6.61 Å². The minimum atomic E-state index is -0.551. The second-order valence-electron chi connectivity index (χ2n) is 17.4. The standard InChI is InChI=1S/C57H100O5/c1-4-7-10-13-16-19-22-24-26-28-29-31-32-34-36-38-41-44-47-50-56(58)61-54-55(53-60-52-49-46-43-40-21-18-15-12-9-6-3)62-57(59)51-48-45-42-39-37-35-33-30-27-25-23-20-17-14-11-8-5-2/h7,10,16,19,24-27,29,31,34,36,55H,4-6,8-9,11-15,17-18,20-23,28,30,32-33,35,37-54H2,1-3H3/b10-7-,19-16-,26-24-,27-25-,31-29-,36-34-. The van der Waals surface area contributed by atoms with E-state index in [-0.39, 0.29) is 25.2 Å². The Morgan fingerprint density at radius 3 is 1.19 bits per heavy atom. The lowest BCUT2D eigenvalue weighted by Gasteiger charge is -2.18. The fraction of sp³-hybridized carbons (Fsp3) is 0.754. The van der Waals surface area contributed by atoms with E-state index >= 15 is 0 Å². The Morgan fingerprint density at radius 2 is 0.726 bits per heavy atom. The minimum absolute atomic E-state index is 0.0663. The summed E-state index contributed by atoms with van der Waals surface area (Å²) in [7, 11) is 0. The quantitative estimate of drug-likeness (QED) is 0.0346. The van der Waals surface area contributed by atoms with Gasteiger partial charge in [-0.2, -0.15) is 0 Å². The van der Waals surface area contributed by atoms with Gasteiger partial charge in [0, 0.05) is 19.4 Å². The summed E-state index contributed by atoms with van der Waals surface area (Å²) in [5, 5.41) is 0. The topological polar surface area (TPSA) is 61.8 Å². The summed E-state index contributed by atoms with van der Waals surface area (Å²) in [6, 6.07) is 0. The zero-order valence-electron chi connectivity index (χ0n) is 41.1. The van der Waals surface area contributed by atoms with Gasteiger partial charge in [0.25, 0.3) is 0 Å². The summed E-state index contributed by atoms with van der Waals surface area (Å²) >= 11 is 0. The first-order valence-corrected chi connectivity index (χ1v) is 26.5. The summed E-state index contributed by atoms with van der Waals surface area (Å²) in [6.07, 6.45) is 67.7. The van der Waals surface area contributed by atoms with Crippen molar-refractivity contribution in [2.75, 3.05) is 19.8 Å². The van der Waals surface area contributed by atoms with Crippen LogP contribution in [0.3, 0.4) is 0 Å². The smallest absolute Gasteiger partial charge is 0.306 e. The first-order chi connectivity index (χ1) is 30.6. The van der Waals surface area contributed by atoms with Crippen molar-refractivity contribution in [1.82, 2.24) is 0 Å². The van der Waals surface area contributed by atoms with E-state index in [1.165, 1.54) is 128 Å². The van der Waals surface area contributed by atoms with Gasteiger partial charge in [0.05, 0.1) is 6.61 Å². The van der Waals surface area contributed by atoms with Crippen LogP contribution in [0.15, 0.2) is 72.9 Å². The maximum Gasteiger partial charge on any atom is 0.306 e. The molecule has 1 unspecified atom stereocenters. The average Bonchev–Trinajstić information content (AvgIpc) is 3.27.